The van der Waals surface area contributed by atoms with Crippen LogP contribution in [0.4, 0.5) is 5.69 Å². The fraction of sp³-hybridized carbons (Fsp3) is 0.188. The number of carbonyl (C=O) groups is 1. The van der Waals surface area contributed by atoms with Crippen molar-refractivity contribution in [2.75, 3.05) is 12.4 Å². The number of nitrogens with two attached hydrogens (primary N) is 1. The summed E-state index contributed by atoms with van der Waals surface area (Å²) in [6.07, 6.45) is 0. The summed E-state index contributed by atoms with van der Waals surface area (Å²) < 4.78 is 5.10. The van der Waals surface area contributed by atoms with Gasteiger partial charge in [-0.05, 0) is 29.3 Å². The average molecular weight is 305 g/mol. The molecule has 0 heterocycles. The first-order valence-electron chi connectivity index (χ1n) is 6.49. The van der Waals surface area contributed by atoms with Gasteiger partial charge in [0.2, 0.25) is 5.91 Å². The third-order valence-corrected chi connectivity index (χ3v) is 3.25. The van der Waals surface area contributed by atoms with Crippen molar-refractivity contribution in [2.45, 2.75) is 12.6 Å². The van der Waals surface area contributed by atoms with Crippen molar-refractivity contribution in [3.8, 4) is 0 Å². The molecule has 5 heteroatoms. The molecule has 3 N–H and O–H groups in total. The van der Waals surface area contributed by atoms with Gasteiger partial charge in [-0.25, -0.2) is 0 Å². The van der Waals surface area contributed by atoms with Gasteiger partial charge in [-0.2, -0.15) is 0 Å². The molecule has 0 saturated heterocycles. The second-order valence-corrected chi connectivity index (χ2v) is 5.10. The van der Waals surface area contributed by atoms with Crippen molar-refractivity contribution in [3.05, 3.63) is 64.7 Å². The van der Waals surface area contributed by atoms with E-state index in [-0.39, 0.29) is 0 Å². The maximum atomic E-state index is 11.8. The van der Waals surface area contributed by atoms with E-state index in [0.717, 1.165) is 16.8 Å². The van der Waals surface area contributed by atoms with Crippen molar-refractivity contribution in [1.29, 1.82) is 0 Å². The van der Waals surface area contributed by atoms with Crippen LogP contribution in [0.15, 0.2) is 48.5 Å². The van der Waals surface area contributed by atoms with Gasteiger partial charge in [-0.3, -0.25) is 4.79 Å². The molecular weight excluding hydrogens is 288 g/mol. The molecule has 0 aromatic heterocycles. The molecule has 2 aromatic carbocycles. The molecule has 0 aliphatic carbocycles. The highest BCUT2D eigenvalue weighted by atomic mass is 35.5. The number of anilines is 1. The summed E-state index contributed by atoms with van der Waals surface area (Å²) in [6, 6.07) is 14.1. The zero-order valence-electron chi connectivity index (χ0n) is 11.7. The van der Waals surface area contributed by atoms with Gasteiger partial charge in [-0.1, -0.05) is 41.9 Å². The number of hydrogen-bond acceptors (Lipinski definition) is 3. The van der Waals surface area contributed by atoms with Crippen LogP contribution in [0.1, 0.15) is 17.2 Å². The van der Waals surface area contributed by atoms with E-state index in [4.69, 9.17) is 22.1 Å². The number of ether oxygens (including phenoxy) is 1. The van der Waals surface area contributed by atoms with Crippen molar-refractivity contribution in [2.24, 2.45) is 5.73 Å². The summed E-state index contributed by atoms with van der Waals surface area (Å²) in [5, 5.41) is 3.70. The van der Waals surface area contributed by atoms with Gasteiger partial charge >= 0.3 is 0 Å². The minimum atomic E-state index is -0.625. The number of methoxy groups -OCH3 is 1. The molecule has 0 fully saturated rings. The van der Waals surface area contributed by atoms with Crippen molar-refractivity contribution >= 4 is 23.2 Å². The van der Waals surface area contributed by atoms with E-state index in [1.54, 1.807) is 19.2 Å². The Kier molecular flexibility index (Phi) is 5.20. The molecule has 0 bridgehead atoms. The smallest absolute Gasteiger partial charge is 0.244 e. The average Bonchev–Trinajstić information content (AvgIpc) is 2.45. The maximum Gasteiger partial charge on any atom is 0.244 e. The minimum absolute atomic E-state index is 0.454. The van der Waals surface area contributed by atoms with E-state index in [0.29, 0.717) is 11.6 Å². The molecule has 0 saturated carbocycles. The van der Waals surface area contributed by atoms with E-state index >= 15 is 0 Å². The monoisotopic (exact) mass is 304 g/mol. The molecule has 2 rings (SSSR count). The van der Waals surface area contributed by atoms with E-state index in [1.165, 1.54) is 0 Å². The second kappa shape index (κ2) is 7.11. The Labute approximate surface area is 128 Å². The van der Waals surface area contributed by atoms with Gasteiger partial charge in [0, 0.05) is 17.8 Å². The Balaban J connectivity index is 2.26. The highest BCUT2D eigenvalue weighted by Gasteiger charge is 2.18. The normalized spacial score (nSPS) is 11.9. The molecule has 1 amide bonds. The number of nitrogens with one attached hydrogen (secondary N) is 1. The molecule has 4 nitrogen and oxygen atoms in total. The van der Waals surface area contributed by atoms with Gasteiger partial charge in [0.05, 0.1) is 6.61 Å². The molecule has 21 heavy (non-hydrogen) atoms. The quantitative estimate of drug-likeness (QED) is 0.862. The van der Waals surface area contributed by atoms with Gasteiger partial charge in [-0.15, -0.1) is 0 Å². The van der Waals surface area contributed by atoms with E-state index < -0.39 is 11.9 Å². The molecule has 1 unspecified atom stereocenters. The molecule has 110 valence electrons. The third-order valence-electron chi connectivity index (χ3n) is 3.02. The molecule has 1 atom stereocenters. The second-order valence-electron chi connectivity index (χ2n) is 4.67. The number of halogens is 1. The topological polar surface area (TPSA) is 64.3 Å². The van der Waals surface area contributed by atoms with Gasteiger partial charge in [0.25, 0.3) is 0 Å². The predicted octanol–water partition coefficient (Wildman–Crippen LogP) is 3.12. The minimum Gasteiger partial charge on any atom is -0.380 e. The van der Waals surface area contributed by atoms with Crippen LogP contribution in [0.2, 0.25) is 5.02 Å². The largest absolute Gasteiger partial charge is 0.380 e. The van der Waals surface area contributed by atoms with Crippen LogP contribution in [0.3, 0.4) is 0 Å². The van der Waals surface area contributed by atoms with Gasteiger partial charge < -0.3 is 15.8 Å². The lowest BCUT2D eigenvalue weighted by molar-refractivity contribution is -0.118. The first-order chi connectivity index (χ1) is 10.1. The van der Waals surface area contributed by atoms with Gasteiger partial charge in [0.15, 0.2) is 0 Å². The molecular formula is C16H17ClN2O2. The first-order valence-corrected chi connectivity index (χ1v) is 6.87. The summed E-state index contributed by atoms with van der Waals surface area (Å²) in [6.45, 7) is 0.483. The molecule has 0 aliphatic rings. The summed E-state index contributed by atoms with van der Waals surface area (Å²) in [7, 11) is 1.63. The van der Waals surface area contributed by atoms with Crippen LogP contribution in [-0.4, -0.2) is 13.0 Å². The van der Waals surface area contributed by atoms with E-state index in [1.807, 2.05) is 36.4 Å². The number of amides is 1. The molecule has 0 aliphatic heterocycles. The van der Waals surface area contributed by atoms with Crippen molar-refractivity contribution in [3.63, 3.8) is 0 Å². The number of hydrogen-bond donors (Lipinski definition) is 2. The summed E-state index contributed by atoms with van der Waals surface area (Å²) in [5.41, 5.74) is 8.02. The Morgan fingerprint density at radius 1 is 1.29 bits per heavy atom. The maximum absolute atomic E-state index is 11.8. The summed E-state index contributed by atoms with van der Waals surface area (Å²) in [4.78, 5) is 11.8. The lowest BCUT2D eigenvalue weighted by Crippen LogP contribution is -2.27. The van der Waals surface area contributed by atoms with Crippen LogP contribution >= 0.6 is 11.6 Å². The van der Waals surface area contributed by atoms with Crippen LogP contribution in [0.5, 0.6) is 0 Å². The molecule has 0 radical (unpaired) electrons. The van der Waals surface area contributed by atoms with Crippen LogP contribution in [0.25, 0.3) is 0 Å². The predicted molar refractivity (Wildman–Crippen MR) is 84.2 cm³/mol. The SMILES string of the molecule is COCc1cccc(C(Nc2cccc(Cl)c2)C(N)=O)c1. The van der Waals surface area contributed by atoms with Crippen molar-refractivity contribution in [1.82, 2.24) is 0 Å². The number of primary amides is 1. The lowest BCUT2D eigenvalue weighted by atomic mass is 10.0. The number of benzene rings is 2. The van der Waals surface area contributed by atoms with Crippen LogP contribution in [0, 0.1) is 0 Å². The summed E-state index contributed by atoms with van der Waals surface area (Å²) >= 11 is 5.95. The fourth-order valence-corrected chi connectivity index (χ4v) is 2.28. The highest BCUT2D eigenvalue weighted by molar-refractivity contribution is 6.30. The van der Waals surface area contributed by atoms with Crippen LogP contribution in [-0.2, 0) is 16.1 Å². The number of carbonyl (C=O) groups excluding carboxylic acids is 1. The van der Waals surface area contributed by atoms with Crippen LogP contribution < -0.4 is 11.1 Å². The Hall–Kier alpha value is -2.04. The molecule has 0 spiro atoms. The standard InChI is InChI=1S/C16H17ClN2O2/c1-21-10-11-4-2-5-12(8-11)15(16(18)20)19-14-7-3-6-13(17)9-14/h2-9,15,19H,10H2,1H3,(H2,18,20). The zero-order valence-corrected chi connectivity index (χ0v) is 12.4. The molecule has 2 aromatic rings. The van der Waals surface area contributed by atoms with Gasteiger partial charge in [0.1, 0.15) is 6.04 Å². The fourth-order valence-electron chi connectivity index (χ4n) is 2.09. The van der Waals surface area contributed by atoms with E-state index in [2.05, 4.69) is 5.32 Å². The summed E-state index contributed by atoms with van der Waals surface area (Å²) in [5.74, 6) is -0.454. The number of rotatable bonds is 6. The van der Waals surface area contributed by atoms with E-state index in [9.17, 15) is 4.79 Å². The van der Waals surface area contributed by atoms with Crippen molar-refractivity contribution < 1.29 is 9.53 Å². The lowest BCUT2D eigenvalue weighted by Gasteiger charge is -2.18. The third kappa shape index (κ3) is 4.21. The Bertz CT molecular complexity index is 631. The zero-order chi connectivity index (χ0) is 15.2. The Morgan fingerprint density at radius 3 is 2.71 bits per heavy atom. The Morgan fingerprint density at radius 2 is 2.05 bits per heavy atom. The highest BCUT2D eigenvalue weighted by Crippen LogP contribution is 2.23. The first kappa shape index (κ1) is 15.4.